The predicted molar refractivity (Wildman–Crippen MR) is 116 cm³/mol. The maximum absolute atomic E-state index is 10.7. The Morgan fingerprint density at radius 2 is 1.83 bits per heavy atom. The summed E-state index contributed by atoms with van der Waals surface area (Å²) in [5.41, 5.74) is 6.56. The van der Waals surface area contributed by atoms with E-state index in [0.717, 1.165) is 48.1 Å². The highest BCUT2D eigenvalue weighted by molar-refractivity contribution is 6.33. The standard InChI is InChI=1S/C23H28BN3O2/c1-3-16-12-17(4-2)26-23(25-16)29-14-18(28)13-27-21-8-6-5-7-19(21)20-11-15(24)9-10-22(20)27/h9-12,18,28H,3-8,13-14H2,1-2H3. The molecule has 0 aliphatic heterocycles. The second-order valence-corrected chi connectivity index (χ2v) is 7.82. The van der Waals surface area contributed by atoms with Crippen LogP contribution in [0.1, 0.15) is 49.3 Å². The first-order valence-corrected chi connectivity index (χ1v) is 10.7. The molecule has 1 unspecified atom stereocenters. The van der Waals surface area contributed by atoms with Gasteiger partial charge in [-0.3, -0.25) is 0 Å². The second kappa shape index (κ2) is 8.58. The molecule has 6 heteroatoms. The summed E-state index contributed by atoms with van der Waals surface area (Å²) in [5, 5.41) is 11.9. The highest BCUT2D eigenvalue weighted by Crippen LogP contribution is 2.32. The number of aliphatic hydroxyl groups excluding tert-OH is 1. The van der Waals surface area contributed by atoms with Gasteiger partial charge < -0.3 is 14.4 Å². The van der Waals surface area contributed by atoms with Crippen molar-refractivity contribution in [2.45, 2.75) is 65.0 Å². The van der Waals surface area contributed by atoms with Gasteiger partial charge >= 0.3 is 6.01 Å². The number of hydrogen-bond acceptors (Lipinski definition) is 4. The average Bonchev–Trinajstić information content (AvgIpc) is 3.05. The van der Waals surface area contributed by atoms with E-state index in [9.17, 15) is 5.11 Å². The average molecular weight is 389 g/mol. The first-order chi connectivity index (χ1) is 14.1. The molecule has 0 spiro atoms. The summed E-state index contributed by atoms with van der Waals surface area (Å²) in [6.07, 6.45) is 5.53. The zero-order valence-electron chi connectivity index (χ0n) is 17.3. The Morgan fingerprint density at radius 1 is 1.10 bits per heavy atom. The molecule has 150 valence electrons. The molecule has 4 rings (SSSR count). The maximum atomic E-state index is 10.7. The Hall–Kier alpha value is -2.34. The van der Waals surface area contributed by atoms with E-state index >= 15 is 0 Å². The number of rotatable bonds is 7. The largest absolute Gasteiger partial charge is 0.461 e. The van der Waals surface area contributed by atoms with Crippen molar-refractivity contribution in [3.05, 3.63) is 46.9 Å². The summed E-state index contributed by atoms with van der Waals surface area (Å²) in [6, 6.07) is 8.43. The summed E-state index contributed by atoms with van der Waals surface area (Å²) in [5.74, 6) is 0. The number of nitrogens with zero attached hydrogens (tertiary/aromatic N) is 3. The monoisotopic (exact) mass is 389 g/mol. The smallest absolute Gasteiger partial charge is 0.316 e. The summed E-state index contributed by atoms with van der Waals surface area (Å²) in [4.78, 5) is 8.87. The summed E-state index contributed by atoms with van der Waals surface area (Å²) in [6.45, 7) is 4.78. The van der Waals surface area contributed by atoms with E-state index in [1.807, 2.05) is 12.1 Å². The van der Waals surface area contributed by atoms with Crippen molar-refractivity contribution in [1.29, 1.82) is 0 Å². The zero-order chi connectivity index (χ0) is 20.4. The van der Waals surface area contributed by atoms with Crippen molar-refractivity contribution >= 4 is 24.2 Å². The lowest BCUT2D eigenvalue weighted by molar-refractivity contribution is 0.0877. The summed E-state index contributed by atoms with van der Waals surface area (Å²) < 4.78 is 8.02. The SMILES string of the molecule is [B]c1ccc2c(c1)c1c(n2CC(O)COc2nc(CC)cc(CC)n2)CCCC1. The van der Waals surface area contributed by atoms with Gasteiger partial charge in [0.25, 0.3) is 0 Å². The molecule has 0 saturated carbocycles. The van der Waals surface area contributed by atoms with Gasteiger partial charge in [-0.2, -0.15) is 0 Å². The van der Waals surface area contributed by atoms with Gasteiger partial charge in [0.05, 0.1) is 6.54 Å². The molecule has 2 heterocycles. The molecule has 0 bridgehead atoms. The molecule has 2 radical (unpaired) electrons. The maximum Gasteiger partial charge on any atom is 0.316 e. The molecule has 1 aliphatic carbocycles. The van der Waals surface area contributed by atoms with E-state index in [1.54, 1.807) is 0 Å². The first kappa shape index (κ1) is 20.0. The van der Waals surface area contributed by atoms with Gasteiger partial charge in [0.2, 0.25) is 0 Å². The van der Waals surface area contributed by atoms with E-state index in [4.69, 9.17) is 12.6 Å². The number of aliphatic hydroxyl groups is 1. The van der Waals surface area contributed by atoms with Crippen LogP contribution in [0.25, 0.3) is 10.9 Å². The van der Waals surface area contributed by atoms with Crippen LogP contribution in [0.2, 0.25) is 0 Å². The third-order valence-corrected chi connectivity index (χ3v) is 5.74. The quantitative estimate of drug-likeness (QED) is 0.632. The predicted octanol–water partition coefficient (Wildman–Crippen LogP) is 2.67. The van der Waals surface area contributed by atoms with Crippen molar-refractivity contribution in [1.82, 2.24) is 14.5 Å². The van der Waals surface area contributed by atoms with Gasteiger partial charge in [-0.25, -0.2) is 9.97 Å². The van der Waals surface area contributed by atoms with Crippen LogP contribution in [0.5, 0.6) is 6.01 Å². The third kappa shape index (κ3) is 4.18. The lowest BCUT2D eigenvalue weighted by Crippen LogP contribution is -2.25. The Bertz CT molecular complexity index is 993. The fourth-order valence-electron chi connectivity index (χ4n) is 4.25. The number of aryl methyl sites for hydroxylation is 3. The number of benzene rings is 1. The van der Waals surface area contributed by atoms with Crippen molar-refractivity contribution < 1.29 is 9.84 Å². The van der Waals surface area contributed by atoms with Crippen molar-refractivity contribution in [3.8, 4) is 6.01 Å². The minimum atomic E-state index is -0.645. The molecule has 0 amide bonds. The number of hydrogen-bond donors (Lipinski definition) is 1. The van der Waals surface area contributed by atoms with Crippen LogP contribution in [-0.2, 0) is 32.2 Å². The molecular formula is C23H28BN3O2. The van der Waals surface area contributed by atoms with Crippen molar-refractivity contribution in [3.63, 3.8) is 0 Å². The summed E-state index contributed by atoms with van der Waals surface area (Å²) >= 11 is 0. The fourth-order valence-corrected chi connectivity index (χ4v) is 4.25. The van der Waals surface area contributed by atoms with E-state index in [1.165, 1.54) is 29.5 Å². The molecule has 2 aromatic heterocycles. The van der Waals surface area contributed by atoms with Crippen LogP contribution in [0, 0.1) is 0 Å². The van der Waals surface area contributed by atoms with Crippen LogP contribution >= 0.6 is 0 Å². The van der Waals surface area contributed by atoms with Crippen molar-refractivity contribution in [2.24, 2.45) is 0 Å². The third-order valence-electron chi connectivity index (χ3n) is 5.74. The van der Waals surface area contributed by atoms with Gasteiger partial charge in [-0.15, -0.1) is 0 Å². The fraction of sp³-hybridized carbons (Fsp3) is 0.478. The number of aromatic nitrogens is 3. The van der Waals surface area contributed by atoms with E-state index in [0.29, 0.717) is 12.6 Å². The molecule has 0 saturated heterocycles. The number of ether oxygens (including phenoxy) is 1. The van der Waals surface area contributed by atoms with Crippen LogP contribution < -0.4 is 10.2 Å². The molecule has 0 fully saturated rings. The minimum Gasteiger partial charge on any atom is -0.461 e. The molecular weight excluding hydrogens is 361 g/mol. The lowest BCUT2D eigenvalue weighted by Gasteiger charge is -2.19. The highest BCUT2D eigenvalue weighted by Gasteiger charge is 2.21. The minimum absolute atomic E-state index is 0.166. The molecule has 29 heavy (non-hydrogen) atoms. The lowest BCUT2D eigenvalue weighted by atomic mass is 9.91. The normalized spacial score (nSPS) is 14.7. The van der Waals surface area contributed by atoms with Crippen LogP contribution in [0.3, 0.4) is 0 Å². The molecule has 5 nitrogen and oxygen atoms in total. The van der Waals surface area contributed by atoms with Gasteiger partial charge in [-0.05, 0) is 56.2 Å². The Labute approximate surface area is 173 Å². The van der Waals surface area contributed by atoms with E-state index in [2.05, 4.69) is 40.5 Å². The van der Waals surface area contributed by atoms with Crippen molar-refractivity contribution in [2.75, 3.05) is 6.61 Å². The molecule has 1 N–H and O–H groups in total. The number of fused-ring (bicyclic) bond motifs is 3. The van der Waals surface area contributed by atoms with Gasteiger partial charge in [0.15, 0.2) is 0 Å². The van der Waals surface area contributed by atoms with Gasteiger partial charge in [0, 0.05) is 28.0 Å². The van der Waals surface area contributed by atoms with Gasteiger partial charge in [-0.1, -0.05) is 31.4 Å². The first-order valence-electron chi connectivity index (χ1n) is 10.7. The van der Waals surface area contributed by atoms with E-state index in [-0.39, 0.29) is 6.61 Å². The van der Waals surface area contributed by atoms with Crippen LogP contribution in [-0.4, -0.2) is 40.2 Å². The van der Waals surface area contributed by atoms with Gasteiger partial charge in [0.1, 0.15) is 20.6 Å². The molecule has 1 atom stereocenters. The van der Waals surface area contributed by atoms with Crippen LogP contribution in [0.15, 0.2) is 24.3 Å². The second-order valence-electron chi connectivity index (χ2n) is 7.82. The molecule has 1 aromatic carbocycles. The Morgan fingerprint density at radius 3 is 2.55 bits per heavy atom. The Kier molecular flexibility index (Phi) is 5.90. The molecule has 3 aromatic rings. The summed E-state index contributed by atoms with van der Waals surface area (Å²) in [7, 11) is 6.03. The Balaban J connectivity index is 1.53. The van der Waals surface area contributed by atoms with E-state index < -0.39 is 6.10 Å². The van der Waals surface area contributed by atoms with Crippen LogP contribution in [0.4, 0.5) is 0 Å². The highest BCUT2D eigenvalue weighted by atomic mass is 16.5. The molecule has 1 aliphatic rings. The topological polar surface area (TPSA) is 60.2 Å². The zero-order valence-corrected chi connectivity index (χ0v) is 17.3.